The number of amides is 2. The van der Waals surface area contributed by atoms with Crippen molar-refractivity contribution in [1.29, 1.82) is 0 Å². The number of benzene rings is 2. The molecule has 0 atom stereocenters. The first-order chi connectivity index (χ1) is 12.2. The highest BCUT2D eigenvalue weighted by Gasteiger charge is 2.09. The zero-order valence-electron chi connectivity index (χ0n) is 13.7. The minimum Gasteiger partial charge on any atom is -0.361 e. The molecular formula is C20H19N3O2. The van der Waals surface area contributed by atoms with E-state index in [1.165, 1.54) is 0 Å². The highest BCUT2D eigenvalue weighted by Crippen LogP contribution is 2.10. The lowest BCUT2D eigenvalue weighted by Gasteiger charge is -2.04. The largest absolute Gasteiger partial charge is 0.361 e. The SMILES string of the molecule is O=C(Cc1ccc(CC(=O)Nc2ccccc2)[nH]1)Nc1ccccc1. The van der Waals surface area contributed by atoms with E-state index in [1.54, 1.807) is 0 Å². The molecule has 0 aliphatic carbocycles. The molecule has 0 radical (unpaired) electrons. The van der Waals surface area contributed by atoms with Crippen LogP contribution in [0.4, 0.5) is 11.4 Å². The average Bonchev–Trinajstić information content (AvgIpc) is 3.03. The molecule has 0 bridgehead atoms. The molecule has 1 aromatic heterocycles. The van der Waals surface area contributed by atoms with Crippen LogP contribution in [0.25, 0.3) is 0 Å². The Morgan fingerprint density at radius 2 is 1.04 bits per heavy atom. The van der Waals surface area contributed by atoms with Crippen molar-refractivity contribution < 1.29 is 9.59 Å². The molecule has 0 unspecified atom stereocenters. The summed E-state index contributed by atoms with van der Waals surface area (Å²) in [4.78, 5) is 27.2. The Kier molecular flexibility index (Phi) is 5.26. The molecule has 3 rings (SSSR count). The van der Waals surface area contributed by atoms with Crippen LogP contribution in [-0.4, -0.2) is 16.8 Å². The van der Waals surface area contributed by atoms with Crippen LogP contribution in [0.3, 0.4) is 0 Å². The molecule has 25 heavy (non-hydrogen) atoms. The number of anilines is 2. The number of para-hydroxylation sites is 2. The van der Waals surface area contributed by atoms with Crippen LogP contribution in [-0.2, 0) is 22.4 Å². The van der Waals surface area contributed by atoms with E-state index in [0.29, 0.717) is 0 Å². The molecule has 3 aromatic rings. The minimum atomic E-state index is -0.103. The van der Waals surface area contributed by atoms with Gasteiger partial charge in [-0.05, 0) is 36.4 Å². The number of hydrogen-bond donors (Lipinski definition) is 3. The summed E-state index contributed by atoms with van der Waals surface area (Å²) in [5.41, 5.74) is 3.08. The van der Waals surface area contributed by atoms with Gasteiger partial charge in [0.2, 0.25) is 11.8 Å². The fourth-order valence-corrected chi connectivity index (χ4v) is 2.50. The van der Waals surface area contributed by atoms with E-state index >= 15 is 0 Å². The zero-order valence-corrected chi connectivity index (χ0v) is 13.7. The molecule has 5 heteroatoms. The fourth-order valence-electron chi connectivity index (χ4n) is 2.50. The Morgan fingerprint density at radius 1 is 0.640 bits per heavy atom. The quantitative estimate of drug-likeness (QED) is 0.647. The number of nitrogens with one attached hydrogen (secondary N) is 3. The Balaban J connectivity index is 1.52. The van der Waals surface area contributed by atoms with Gasteiger partial charge in [-0.1, -0.05) is 36.4 Å². The van der Waals surface area contributed by atoms with Gasteiger partial charge in [0.1, 0.15) is 0 Å². The summed E-state index contributed by atoms with van der Waals surface area (Å²) in [5, 5.41) is 5.67. The third kappa shape index (κ3) is 5.07. The van der Waals surface area contributed by atoms with Gasteiger partial charge >= 0.3 is 0 Å². The summed E-state index contributed by atoms with van der Waals surface area (Å²) in [6.07, 6.45) is 0.463. The molecule has 0 aliphatic rings. The Morgan fingerprint density at radius 3 is 1.44 bits per heavy atom. The maximum absolute atomic E-state index is 12.0. The molecule has 0 aliphatic heterocycles. The molecule has 126 valence electrons. The van der Waals surface area contributed by atoms with E-state index in [0.717, 1.165) is 22.8 Å². The van der Waals surface area contributed by atoms with Crippen molar-refractivity contribution in [3.8, 4) is 0 Å². The van der Waals surface area contributed by atoms with E-state index < -0.39 is 0 Å². The number of carbonyl (C=O) groups is 2. The lowest BCUT2D eigenvalue weighted by Crippen LogP contribution is -2.15. The lowest BCUT2D eigenvalue weighted by molar-refractivity contribution is -0.116. The van der Waals surface area contributed by atoms with Crippen molar-refractivity contribution in [3.05, 3.63) is 84.2 Å². The van der Waals surface area contributed by atoms with Gasteiger partial charge < -0.3 is 15.6 Å². The van der Waals surface area contributed by atoms with Crippen molar-refractivity contribution in [2.75, 3.05) is 10.6 Å². The average molecular weight is 333 g/mol. The smallest absolute Gasteiger partial charge is 0.230 e. The summed E-state index contributed by atoms with van der Waals surface area (Å²) in [5.74, 6) is -0.207. The molecule has 0 saturated carbocycles. The second-order valence-electron chi connectivity index (χ2n) is 5.69. The van der Waals surface area contributed by atoms with Gasteiger partial charge in [0, 0.05) is 22.8 Å². The van der Waals surface area contributed by atoms with Crippen LogP contribution in [0.1, 0.15) is 11.4 Å². The Hall–Kier alpha value is -3.34. The summed E-state index contributed by atoms with van der Waals surface area (Å²) < 4.78 is 0. The van der Waals surface area contributed by atoms with Gasteiger partial charge in [-0.25, -0.2) is 0 Å². The van der Waals surface area contributed by atoms with Crippen molar-refractivity contribution in [2.45, 2.75) is 12.8 Å². The topological polar surface area (TPSA) is 74.0 Å². The van der Waals surface area contributed by atoms with Crippen LogP contribution >= 0.6 is 0 Å². The van der Waals surface area contributed by atoms with Gasteiger partial charge in [0.05, 0.1) is 12.8 Å². The molecule has 2 aromatic carbocycles. The number of aromatic nitrogens is 1. The third-order valence-electron chi connectivity index (χ3n) is 3.62. The number of carbonyl (C=O) groups excluding carboxylic acids is 2. The molecule has 1 heterocycles. The number of H-pyrrole nitrogens is 1. The summed E-state index contributed by atoms with van der Waals surface area (Å²) in [6.45, 7) is 0. The van der Waals surface area contributed by atoms with E-state index in [9.17, 15) is 9.59 Å². The van der Waals surface area contributed by atoms with Gasteiger partial charge in [0.25, 0.3) is 0 Å². The van der Waals surface area contributed by atoms with Crippen LogP contribution in [0, 0.1) is 0 Å². The fraction of sp³-hybridized carbons (Fsp3) is 0.100. The molecular weight excluding hydrogens is 314 g/mol. The van der Waals surface area contributed by atoms with Gasteiger partial charge in [-0.15, -0.1) is 0 Å². The molecule has 0 saturated heterocycles. The van der Waals surface area contributed by atoms with Crippen molar-refractivity contribution >= 4 is 23.2 Å². The zero-order chi connectivity index (χ0) is 17.5. The minimum absolute atomic E-state index is 0.103. The van der Waals surface area contributed by atoms with Crippen LogP contribution < -0.4 is 10.6 Å². The number of aromatic amines is 1. The summed E-state index contributed by atoms with van der Waals surface area (Å²) >= 11 is 0. The molecule has 2 amide bonds. The van der Waals surface area contributed by atoms with E-state index in [2.05, 4.69) is 15.6 Å². The van der Waals surface area contributed by atoms with Gasteiger partial charge in [0.15, 0.2) is 0 Å². The predicted molar refractivity (Wildman–Crippen MR) is 98.3 cm³/mol. The van der Waals surface area contributed by atoms with Crippen molar-refractivity contribution in [1.82, 2.24) is 4.98 Å². The van der Waals surface area contributed by atoms with E-state index in [4.69, 9.17) is 0 Å². The number of hydrogen-bond acceptors (Lipinski definition) is 2. The van der Waals surface area contributed by atoms with Crippen LogP contribution in [0.2, 0.25) is 0 Å². The van der Waals surface area contributed by atoms with E-state index in [1.807, 2.05) is 72.8 Å². The summed E-state index contributed by atoms with van der Waals surface area (Å²) in [6, 6.07) is 22.3. The molecule has 0 spiro atoms. The monoisotopic (exact) mass is 333 g/mol. The molecule has 5 nitrogen and oxygen atoms in total. The van der Waals surface area contributed by atoms with Gasteiger partial charge in [-0.3, -0.25) is 9.59 Å². The van der Waals surface area contributed by atoms with E-state index in [-0.39, 0.29) is 24.7 Å². The number of rotatable bonds is 6. The van der Waals surface area contributed by atoms with Crippen LogP contribution in [0.5, 0.6) is 0 Å². The van der Waals surface area contributed by atoms with Crippen LogP contribution in [0.15, 0.2) is 72.8 Å². The maximum Gasteiger partial charge on any atom is 0.230 e. The molecule has 3 N–H and O–H groups in total. The first-order valence-corrected chi connectivity index (χ1v) is 8.05. The first kappa shape index (κ1) is 16.5. The Labute approximate surface area is 146 Å². The highest BCUT2D eigenvalue weighted by molar-refractivity contribution is 5.93. The normalized spacial score (nSPS) is 10.2. The third-order valence-corrected chi connectivity index (χ3v) is 3.62. The standard InChI is InChI=1S/C20H19N3O2/c24-19(22-15-7-3-1-4-8-15)13-17-11-12-18(21-17)14-20(25)23-16-9-5-2-6-10-16/h1-12,21H,13-14H2,(H,22,24)(H,23,25). The Bertz CT molecular complexity index is 772. The first-order valence-electron chi connectivity index (χ1n) is 8.05. The maximum atomic E-state index is 12.0. The van der Waals surface area contributed by atoms with Crippen molar-refractivity contribution in [2.24, 2.45) is 0 Å². The molecule has 0 fully saturated rings. The second kappa shape index (κ2) is 7.97. The predicted octanol–water partition coefficient (Wildman–Crippen LogP) is 3.38. The van der Waals surface area contributed by atoms with Crippen molar-refractivity contribution in [3.63, 3.8) is 0 Å². The van der Waals surface area contributed by atoms with Gasteiger partial charge in [-0.2, -0.15) is 0 Å². The summed E-state index contributed by atoms with van der Waals surface area (Å²) in [7, 11) is 0. The highest BCUT2D eigenvalue weighted by atomic mass is 16.2. The lowest BCUT2D eigenvalue weighted by atomic mass is 10.2. The second-order valence-corrected chi connectivity index (χ2v) is 5.69.